The first-order chi connectivity index (χ1) is 14.3. The van der Waals surface area contributed by atoms with E-state index in [4.69, 9.17) is 9.84 Å². The molecule has 0 aromatic carbocycles. The Morgan fingerprint density at radius 2 is 2.00 bits per heavy atom. The molecule has 1 fully saturated rings. The third-order valence-corrected chi connectivity index (χ3v) is 5.30. The van der Waals surface area contributed by atoms with E-state index in [0.717, 1.165) is 31.9 Å². The maximum absolute atomic E-state index is 12.9. The molecule has 10 heteroatoms. The molecule has 0 saturated heterocycles. The molecule has 1 aliphatic carbocycles. The quantitative estimate of drug-likeness (QED) is 0.568. The van der Waals surface area contributed by atoms with E-state index in [9.17, 15) is 23.9 Å². The lowest BCUT2D eigenvalue weighted by molar-refractivity contribution is -0.138. The van der Waals surface area contributed by atoms with Crippen molar-refractivity contribution in [3.05, 3.63) is 35.5 Å². The summed E-state index contributed by atoms with van der Waals surface area (Å²) in [6.07, 6.45) is 4.37. The summed E-state index contributed by atoms with van der Waals surface area (Å²) in [6, 6.07) is 2.78. The van der Waals surface area contributed by atoms with Crippen LogP contribution in [0.15, 0.2) is 29.7 Å². The van der Waals surface area contributed by atoms with Crippen LogP contribution in [0.3, 0.4) is 0 Å². The molecule has 1 aromatic heterocycles. The number of aliphatic hydroxyl groups is 1. The summed E-state index contributed by atoms with van der Waals surface area (Å²) in [5.41, 5.74) is -0.387. The third-order valence-electron chi connectivity index (χ3n) is 5.30. The number of carboxylic acid groups (broad SMARTS) is 1. The Morgan fingerprint density at radius 1 is 1.27 bits per heavy atom. The Balaban J connectivity index is 1.51. The monoisotopic (exact) mass is 421 g/mol. The highest BCUT2D eigenvalue weighted by Gasteiger charge is 2.34. The predicted molar refractivity (Wildman–Crippen MR) is 102 cm³/mol. The van der Waals surface area contributed by atoms with Gasteiger partial charge in [0.05, 0.1) is 6.20 Å². The average molecular weight is 421 g/mol. The SMILES string of the molecule is O=C(O)CNC(=O)C1=C(O)CCN(C[C@H]2CC[C@H](Oc3ccc(F)cn3)CC2)C1=O. The molecule has 3 N–H and O–H groups in total. The summed E-state index contributed by atoms with van der Waals surface area (Å²) in [6.45, 7) is 0.121. The Morgan fingerprint density at radius 3 is 2.63 bits per heavy atom. The van der Waals surface area contributed by atoms with Gasteiger partial charge < -0.3 is 25.2 Å². The summed E-state index contributed by atoms with van der Waals surface area (Å²) in [5, 5.41) is 20.8. The van der Waals surface area contributed by atoms with E-state index in [0.29, 0.717) is 19.0 Å². The summed E-state index contributed by atoms with van der Waals surface area (Å²) in [7, 11) is 0. The number of amides is 2. The summed E-state index contributed by atoms with van der Waals surface area (Å²) in [4.78, 5) is 40.8. The molecule has 0 atom stereocenters. The normalized spacial score (nSPS) is 22.0. The standard InChI is InChI=1S/C20H24FN3O6/c21-13-3-6-16(22-9-13)30-14-4-1-12(2-5-14)11-24-8-7-15(25)18(20(24)29)19(28)23-10-17(26)27/h3,6,9,12,14,25H,1-2,4-5,7-8,10-11H2,(H,23,28)(H,26,27)/t12-,14-. The van der Waals surface area contributed by atoms with Gasteiger partial charge in [0.15, 0.2) is 0 Å². The highest BCUT2D eigenvalue weighted by atomic mass is 19.1. The second-order valence-electron chi connectivity index (χ2n) is 7.47. The van der Waals surface area contributed by atoms with Crippen molar-refractivity contribution in [2.45, 2.75) is 38.2 Å². The molecule has 0 bridgehead atoms. The fraction of sp³-hybridized carbons (Fsp3) is 0.500. The van der Waals surface area contributed by atoms with Gasteiger partial charge in [-0.3, -0.25) is 14.4 Å². The van der Waals surface area contributed by atoms with E-state index in [1.54, 1.807) is 0 Å². The number of hydrogen-bond donors (Lipinski definition) is 3. The lowest BCUT2D eigenvalue weighted by Gasteiger charge is -2.34. The highest BCUT2D eigenvalue weighted by Crippen LogP contribution is 2.29. The number of pyridine rings is 1. The van der Waals surface area contributed by atoms with Crippen molar-refractivity contribution in [2.24, 2.45) is 5.92 Å². The minimum atomic E-state index is -1.24. The largest absolute Gasteiger partial charge is 0.511 e. The van der Waals surface area contributed by atoms with Crippen molar-refractivity contribution in [1.82, 2.24) is 15.2 Å². The third kappa shape index (κ3) is 5.46. The van der Waals surface area contributed by atoms with E-state index in [1.165, 1.54) is 17.0 Å². The van der Waals surface area contributed by atoms with Gasteiger partial charge in [-0.15, -0.1) is 0 Å². The topological polar surface area (TPSA) is 129 Å². The molecule has 9 nitrogen and oxygen atoms in total. The van der Waals surface area contributed by atoms with E-state index in [2.05, 4.69) is 10.3 Å². The number of nitrogens with zero attached hydrogens (tertiary/aromatic N) is 2. The number of halogens is 1. The number of aliphatic hydroxyl groups excluding tert-OH is 1. The summed E-state index contributed by atoms with van der Waals surface area (Å²) >= 11 is 0. The Kier molecular flexibility index (Phi) is 6.86. The van der Waals surface area contributed by atoms with Gasteiger partial charge in [0.1, 0.15) is 29.8 Å². The van der Waals surface area contributed by atoms with Crippen LogP contribution in [0.2, 0.25) is 0 Å². The Labute approximate surface area is 172 Å². The molecular weight excluding hydrogens is 397 g/mol. The number of hydrogen-bond acceptors (Lipinski definition) is 6. The lowest BCUT2D eigenvalue weighted by atomic mass is 9.86. The van der Waals surface area contributed by atoms with Crippen LogP contribution < -0.4 is 10.1 Å². The van der Waals surface area contributed by atoms with E-state index < -0.39 is 30.1 Å². The van der Waals surface area contributed by atoms with E-state index in [-0.39, 0.29) is 29.8 Å². The number of carbonyl (C=O) groups is 3. The molecule has 0 radical (unpaired) electrons. The summed E-state index contributed by atoms with van der Waals surface area (Å²) in [5.74, 6) is -2.85. The molecule has 1 saturated carbocycles. The first-order valence-electron chi connectivity index (χ1n) is 9.83. The number of carbonyl (C=O) groups excluding carboxylic acids is 2. The van der Waals surface area contributed by atoms with Crippen LogP contribution in [0.1, 0.15) is 32.1 Å². The number of aliphatic carboxylic acids is 1. The van der Waals surface area contributed by atoms with Crippen molar-refractivity contribution in [1.29, 1.82) is 0 Å². The van der Waals surface area contributed by atoms with Crippen LogP contribution in [0.5, 0.6) is 5.88 Å². The maximum atomic E-state index is 12.9. The fourth-order valence-corrected chi connectivity index (χ4v) is 3.74. The molecule has 3 rings (SSSR count). The number of ether oxygens (including phenoxy) is 1. The smallest absolute Gasteiger partial charge is 0.322 e. The molecule has 162 valence electrons. The zero-order valence-corrected chi connectivity index (χ0v) is 16.3. The van der Waals surface area contributed by atoms with Gasteiger partial charge in [-0.25, -0.2) is 9.37 Å². The molecule has 2 amide bonds. The number of carboxylic acids is 1. The second-order valence-corrected chi connectivity index (χ2v) is 7.47. The van der Waals surface area contributed by atoms with Gasteiger partial charge in [-0.2, -0.15) is 0 Å². The number of aromatic nitrogens is 1. The van der Waals surface area contributed by atoms with Crippen LogP contribution in [0.4, 0.5) is 4.39 Å². The van der Waals surface area contributed by atoms with Gasteiger partial charge in [0.2, 0.25) is 5.88 Å². The first-order valence-corrected chi connectivity index (χ1v) is 9.83. The predicted octanol–water partition coefficient (Wildman–Crippen LogP) is 1.40. The van der Waals surface area contributed by atoms with E-state index in [1.807, 2.05) is 0 Å². The van der Waals surface area contributed by atoms with Crippen molar-refractivity contribution < 1.29 is 33.7 Å². The Bertz CT molecular complexity index is 833. The van der Waals surface area contributed by atoms with Gasteiger partial charge in [0.25, 0.3) is 11.8 Å². The van der Waals surface area contributed by atoms with Crippen LogP contribution in [-0.2, 0) is 14.4 Å². The van der Waals surface area contributed by atoms with Crippen molar-refractivity contribution in [3.8, 4) is 5.88 Å². The summed E-state index contributed by atoms with van der Waals surface area (Å²) < 4.78 is 18.7. The molecule has 1 aliphatic heterocycles. The average Bonchev–Trinajstić information content (AvgIpc) is 2.72. The number of rotatable bonds is 7. The molecule has 2 aliphatic rings. The van der Waals surface area contributed by atoms with Crippen molar-refractivity contribution in [3.63, 3.8) is 0 Å². The zero-order valence-electron chi connectivity index (χ0n) is 16.3. The minimum Gasteiger partial charge on any atom is -0.511 e. The molecule has 2 heterocycles. The van der Waals surface area contributed by atoms with Crippen LogP contribution in [-0.4, -0.2) is 63.6 Å². The zero-order chi connectivity index (χ0) is 21.7. The van der Waals surface area contributed by atoms with E-state index >= 15 is 0 Å². The van der Waals surface area contributed by atoms with Crippen LogP contribution in [0, 0.1) is 11.7 Å². The van der Waals surface area contributed by atoms with Gasteiger partial charge in [-0.1, -0.05) is 0 Å². The van der Waals surface area contributed by atoms with Crippen LogP contribution in [0.25, 0.3) is 0 Å². The fourth-order valence-electron chi connectivity index (χ4n) is 3.74. The molecular formula is C20H24FN3O6. The van der Waals surface area contributed by atoms with Gasteiger partial charge >= 0.3 is 5.97 Å². The van der Waals surface area contributed by atoms with Gasteiger partial charge in [-0.05, 0) is 37.7 Å². The second kappa shape index (κ2) is 9.55. The Hall–Kier alpha value is -3.17. The van der Waals surface area contributed by atoms with Gasteiger partial charge in [0, 0.05) is 25.6 Å². The minimum absolute atomic E-state index is 0.0300. The van der Waals surface area contributed by atoms with Crippen molar-refractivity contribution >= 4 is 17.8 Å². The highest BCUT2D eigenvalue weighted by molar-refractivity contribution is 6.19. The maximum Gasteiger partial charge on any atom is 0.322 e. The van der Waals surface area contributed by atoms with Crippen LogP contribution >= 0.6 is 0 Å². The first kappa shape index (κ1) is 21.5. The molecule has 1 aromatic rings. The number of nitrogens with one attached hydrogen (secondary N) is 1. The molecule has 0 unspecified atom stereocenters. The lowest BCUT2D eigenvalue weighted by Crippen LogP contribution is -2.45. The molecule has 0 spiro atoms. The van der Waals surface area contributed by atoms with Crippen molar-refractivity contribution in [2.75, 3.05) is 19.6 Å². The molecule has 30 heavy (non-hydrogen) atoms.